The summed E-state index contributed by atoms with van der Waals surface area (Å²) in [6.45, 7) is 0. The number of halogens is 4. The number of hydrazine groups is 1. The molecular weight excluding hydrogens is 441 g/mol. The van der Waals surface area contributed by atoms with Gasteiger partial charge in [-0.3, -0.25) is 10.9 Å². The summed E-state index contributed by atoms with van der Waals surface area (Å²) in [4.78, 5) is 0.466. The topological polar surface area (TPSA) is 48.1 Å². The summed E-state index contributed by atoms with van der Waals surface area (Å²) in [7, 11) is 0. The molecule has 4 N–H and O–H groups in total. The molecule has 0 saturated heterocycles. The van der Waals surface area contributed by atoms with Gasteiger partial charge in [0.1, 0.15) is 0 Å². The highest BCUT2D eigenvalue weighted by atomic mass is 35.5. The SMILES string of the molecule is FC(F)Sc1ccc(NC(=S)NNC(=S)Nc2ccc(Cl)cc2Cl)cc1. The molecule has 138 valence electrons. The lowest BCUT2D eigenvalue weighted by Crippen LogP contribution is -2.45. The maximum atomic E-state index is 12.3. The van der Waals surface area contributed by atoms with Crippen LogP contribution in [0.25, 0.3) is 0 Å². The Hall–Kier alpha value is -1.39. The van der Waals surface area contributed by atoms with Gasteiger partial charge in [-0.15, -0.1) is 0 Å². The molecule has 0 fully saturated rings. The number of alkyl halides is 2. The number of thioether (sulfide) groups is 1. The Bertz CT molecular complexity index is 791. The molecule has 0 aliphatic heterocycles. The molecule has 2 aromatic rings. The number of rotatable bonds is 4. The zero-order chi connectivity index (χ0) is 19.1. The van der Waals surface area contributed by atoms with Gasteiger partial charge in [0, 0.05) is 15.6 Å². The maximum Gasteiger partial charge on any atom is 0.288 e. The van der Waals surface area contributed by atoms with E-state index in [9.17, 15) is 8.78 Å². The quantitative estimate of drug-likeness (QED) is 0.277. The van der Waals surface area contributed by atoms with Crippen LogP contribution in [0.2, 0.25) is 10.0 Å². The zero-order valence-corrected chi connectivity index (χ0v) is 16.8. The second kappa shape index (κ2) is 10.1. The molecule has 11 heteroatoms. The minimum atomic E-state index is -2.46. The van der Waals surface area contributed by atoms with Crippen molar-refractivity contribution in [3.05, 3.63) is 52.5 Å². The van der Waals surface area contributed by atoms with Crippen molar-refractivity contribution >= 4 is 81.0 Å². The summed E-state index contributed by atoms with van der Waals surface area (Å²) >= 11 is 22.6. The fourth-order valence-electron chi connectivity index (χ4n) is 1.74. The standard InChI is InChI=1S/C15H12Cl2F2N4S3/c16-8-1-6-12(11(17)7-8)21-15(25)23-22-14(24)20-9-2-4-10(5-3-9)26-13(18)19/h1-7,13H,(H2,20,22,24)(H2,21,23,25). The van der Waals surface area contributed by atoms with Gasteiger partial charge in [-0.2, -0.15) is 8.78 Å². The average molecular weight is 453 g/mol. The zero-order valence-electron chi connectivity index (χ0n) is 12.9. The van der Waals surface area contributed by atoms with Crippen molar-refractivity contribution in [2.24, 2.45) is 0 Å². The third-order valence-corrected chi connectivity index (χ3v) is 4.48. The highest BCUT2D eigenvalue weighted by Crippen LogP contribution is 2.26. The van der Waals surface area contributed by atoms with Crippen molar-refractivity contribution in [1.82, 2.24) is 10.9 Å². The number of anilines is 2. The molecular formula is C15H12Cl2F2N4S3. The Labute approximate surface area is 174 Å². The van der Waals surface area contributed by atoms with Gasteiger partial charge in [0.15, 0.2) is 10.2 Å². The van der Waals surface area contributed by atoms with E-state index in [1.54, 1.807) is 42.5 Å². The summed E-state index contributed by atoms with van der Waals surface area (Å²) in [6, 6.07) is 11.4. The lowest BCUT2D eigenvalue weighted by Gasteiger charge is -2.15. The van der Waals surface area contributed by atoms with Crippen molar-refractivity contribution in [3.63, 3.8) is 0 Å². The molecule has 26 heavy (non-hydrogen) atoms. The summed E-state index contributed by atoms with van der Waals surface area (Å²) in [5.41, 5.74) is 6.63. The minimum absolute atomic E-state index is 0.238. The second-order valence-corrected chi connectivity index (χ2v) is 7.41. The maximum absolute atomic E-state index is 12.3. The van der Waals surface area contributed by atoms with E-state index >= 15 is 0 Å². The van der Waals surface area contributed by atoms with E-state index in [4.69, 9.17) is 47.6 Å². The molecule has 0 amide bonds. The van der Waals surface area contributed by atoms with Crippen LogP contribution in [0.4, 0.5) is 20.2 Å². The Kier molecular flexibility index (Phi) is 8.11. The van der Waals surface area contributed by atoms with Gasteiger partial charge in [0.05, 0.1) is 10.7 Å². The third kappa shape index (κ3) is 7.08. The molecule has 0 aliphatic rings. The monoisotopic (exact) mass is 452 g/mol. The summed E-state index contributed by atoms with van der Waals surface area (Å²) in [6.07, 6.45) is 0. The van der Waals surface area contributed by atoms with E-state index in [1.807, 2.05) is 0 Å². The third-order valence-electron chi connectivity index (χ3n) is 2.81. The van der Waals surface area contributed by atoms with Crippen LogP contribution >= 0.6 is 59.4 Å². The van der Waals surface area contributed by atoms with Crippen LogP contribution in [0.3, 0.4) is 0 Å². The normalized spacial score (nSPS) is 10.3. The Balaban J connectivity index is 1.79. The van der Waals surface area contributed by atoms with E-state index < -0.39 is 5.76 Å². The molecule has 0 aliphatic carbocycles. The summed E-state index contributed by atoms with van der Waals surface area (Å²) in [5.74, 6) is -2.46. The molecule has 0 saturated carbocycles. The van der Waals surface area contributed by atoms with E-state index in [2.05, 4.69) is 21.5 Å². The molecule has 0 radical (unpaired) electrons. The highest BCUT2D eigenvalue weighted by molar-refractivity contribution is 7.99. The van der Waals surface area contributed by atoms with Crippen molar-refractivity contribution in [1.29, 1.82) is 0 Å². The van der Waals surface area contributed by atoms with Gasteiger partial charge in [-0.05, 0) is 66.9 Å². The largest absolute Gasteiger partial charge is 0.331 e. The van der Waals surface area contributed by atoms with Crippen LogP contribution in [0.5, 0.6) is 0 Å². The molecule has 0 heterocycles. The molecule has 2 rings (SSSR count). The number of hydrogen-bond donors (Lipinski definition) is 4. The summed E-state index contributed by atoms with van der Waals surface area (Å²) < 4.78 is 24.6. The highest BCUT2D eigenvalue weighted by Gasteiger charge is 2.06. The molecule has 0 spiro atoms. The number of benzene rings is 2. The first-order chi connectivity index (χ1) is 12.3. The van der Waals surface area contributed by atoms with Crippen LogP contribution in [0.1, 0.15) is 0 Å². The number of nitrogens with one attached hydrogen (secondary N) is 4. The van der Waals surface area contributed by atoms with Crippen molar-refractivity contribution in [3.8, 4) is 0 Å². The van der Waals surface area contributed by atoms with E-state index in [-0.39, 0.29) is 10.2 Å². The van der Waals surface area contributed by atoms with E-state index in [1.165, 1.54) is 0 Å². The van der Waals surface area contributed by atoms with Crippen LogP contribution in [-0.2, 0) is 0 Å². The fourth-order valence-corrected chi connectivity index (χ4v) is 3.02. The molecule has 0 aromatic heterocycles. The molecule has 0 atom stereocenters. The predicted octanol–water partition coefficient (Wildman–Crippen LogP) is 5.50. The average Bonchev–Trinajstić information content (AvgIpc) is 2.57. The molecule has 2 aromatic carbocycles. The van der Waals surface area contributed by atoms with Gasteiger partial charge < -0.3 is 10.6 Å². The van der Waals surface area contributed by atoms with Gasteiger partial charge in [-0.25, -0.2) is 0 Å². The van der Waals surface area contributed by atoms with Gasteiger partial charge >= 0.3 is 0 Å². The Morgan fingerprint density at radius 2 is 1.54 bits per heavy atom. The molecule has 0 unspecified atom stereocenters. The van der Waals surface area contributed by atoms with Crippen LogP contribution in [-0.4, -0.2) is 16.0 Å². The van der Waals surface area contributed by atoms with Gasteiger partial charge in [0.2, 0.25) is 0 Å². The first kappa shape index (κ1) is 20.9. The van der Waals surface area contributed by atoms with Crippen LogP contribution < -0.4 is 21.5 Å². The van der Waals surface area contributed by atoms with Gasteiger partial charge in [-0.1, -0.05) is 35.0 Å². The van der Waals surface area contributed by atoms with Crippen LogP contribution in [0, 0.1) is 0 Å². The number of hydrogen-bond acceptors (Lipinski definition) is 3. The van der Waals surface area contributed by atoms with Crippen molar-refractivity contribution in [2.75, 3.05) is 10.6 Å². The van der Waals surface area contributed by atoms with Crippen molar-refractivity contribution < 1.29 is 8.78 Å². The first-order valence-electron chi connectivity index (χ1n) is 6.97. The molecule has 0 bridgehead atoms. The first-order valence-corrected chi connectivity index (χ1v) is 9.42. The lowest BCUT2D eigenvalue weighted by molar-refractivity contribution is 0.252. The Morgan fingerprint density at radius 1 is 0.923 bits per heavy atom. The van der Waals surface area contributed by atoms with Crippen molar-refractivity contribution in [2.45, 2.75) is 10.7 Å². The lowest BCUT2D eigenvalue weighted by atomic mass is 10.3. The second-order valence-electron chi connectivity index (χ2n) is 4.69. The Morgan fingerprint density at radius 3 is 2.12 bits per heavy atom. The van der Waals surface area contributed by atoms with E-state index in [0.29, 0.717) is 38.1 Å². The van der Waals surface area contributed by atoms with Gasteiger partial charge in [0.25, 0.3) is 5.76 Å². The fraction of sp³-hybridized carbons (Fsp3) is 0.0667. The smallest absolute Gasteiger partial charge is 0.288 e. The molecule has 4 nitrogen and oxygen atoms in total. The predicted molar refractivity (Wildman–Crippen MR) is 113 cm³/mol. The number of thiocarbonyl (C=S) groups is 2. The van der Waals surface area contributed by atoms with Crippen LogP contribution in [0.15, 0.2) is 47.4 Å². The van der Waals surface area contributed by atoms with E-state index in [0.717, 1.165) is 0 Å². The minimum Gasteiger partial charge on any atom is -0.331 e. The summed E-state index contributed by atoms with van der Waals surface area (Å²) in [5, 5.41) is 7.19.